The van der Waals surface area contributed by atoms with Crippen molar-refractivity contribution in [2.24, 2.45) is 5.92 Å². The Morgan fingerprint density at radius 2 is 1.89 bits per heavy atom. The van der Waals surface area contributed by atoms with Gasteiger partial charge in [-0.05, 0) is 47.5 Å². The minimum absolute atomic E-state index is 0.150. The molecular weight excluding hydrogens is 230 g/mol. The van der Waals surface area contributed by atoms with Crippen LogP contribution >= 0.6 is 0 Å². The fourth-order valence-corrected chi connectivity index (χ4v) is 2.07. The molecule has 104 valence electrons. The summed E-state index contributed by atoms with van der Waals surface area (Å²) in [4.78, 5) is 25.7. The van der Waals surface area contributed by atoms with Crippen molar-refractivity contribution in [2.45, 2.75) is 65.5 Å². The molecule has 0 N–H and O–H groups in total. The lowest BCUT2D eigenvalue weighted by molar-refractivity contribution is -0.130. The molecule has 0 bridgehead atoms. The normalized spacial score (nSPS) is 17.8. The molecule has 1 rings (SSSR count). The van der Waals surface area contributed by atoms with Crippen LogP contribution in [0.2, 0.25) is 0 Å². The maximum absolute atomic E-state index is 12.1. The molecule has 0 spiro atoms. The van der Waals surface area contributed by atoms with Crippen molar-refractivity contribution in [2.75, 3.05) is 6.54 Å². The molecule has 0 saturated heterocycles. The summed E-state index contributed by atoms with van der Waals surface area (Å²) in [5.74, 6) is 0.324. The molecule has 1 atom stereocenters. The molecule has 0 aromatic carbocycles. The second-order valence-electron chi connectivity index (χ2n) is 5.97. The van der Waals surface area contributed by atoms with E-state index in [0.29, 0.717) is 6.54 Å². The molecule has 4 heteroatoms. The first-order valence-electron chi connectivity index (χ1n) is 6.79. The fraction of sp³-hybridized carbons (Fsp3) is 0.857. The van der Waals surface area contributed by atoms with Crippen LogP contribution in [0.4, 0.5) is 4.79 Å². The van der Waals surface area contributed by atoms with Gasteiger partial charge in [-0.2, -0.15) is 0 Å². The molecule has 0 radical (unpaired) electrons. The molecule has 1 amide bonds. The number of rotatable bonds is 4. The zero-order valence-electron chi connectivity index (χ0n) is 12.2. The molecule has 1 fully saturated rings. The lowest BCUT2D eigenvalue weighted by Gasteiger charge is -2.34. The topological polar surface area (TPSA) is 46.6 Å². The monoisotopic (exact) mass is 255 g/mol. The van der Waals surface area contributed by atoms with Crippen molar-refractivity contribution in [3.8, 4) is 0 Å². The van der Waals surface area contributed by atoms with Crippen LogP contribution in [0.5, 0.6) is 0 Å². The van der Waals surface area contributed by atoms with Crippen LogP contribution in [0.3, 0.4) is 0 Å². The van der Waals surface area contributed by atoms with Crippen LogP contribution in [0, 0.1) is 5.92 Å². The Morgan fingerprint density at radius 3 is 2.22 bits per heavy atom. The first kappa shape index (κ1) is 15.0. The third kappa shape index (κ3) is 3.72. The van der Waals surface area contributed by atoms with Crippen LogP contribution in [0.15, 0.2) is 0 Å². The smallest absolute Gasteiger partial charge is 0.410 e. The van der Waals surface area contributed by atoms with E-state index in [1.807, 2.05) is 27.7 Å². The van der Waals surface area contributed by atoms with Crippen molar-refractivity contribution in [1.29, 1.82) is 0 Å². The van der Waals surface area contributed by atoms with E-state index in [1.54, 1.807) is 6.92 Å². The molecule has 0 aromatic rings. The van der Waals surface area contributed by atoms with Gasteiger partial charge >= 0.3 is 6.09 Å². The number of nitrogens with zero attached hydrogens (tertiary/aromatic N) is 1. The van der Waals surface area contributed by atoms with E-state index >= 15 is 0 Å². The van der Waals surface area contributed by atoms with Gasteiger partial charge in [0.05, 0.1) is 6.04 Å². The van der Waals surface area contributed by atoms with Gasteiger partial charge in [-0.25, -0.2) is 4.79 Å². The van der Waals surface area contributed by atoms with E-state index in [9.17, 15) is 9.59 Å². The third-order valence-electron chi connectivity index (χ3n) is 3.36. The van der Waals surface area contributed by atoms with E-state index < -0.39 is 11.7 Å². The second-order valence-corrected chi connectivity index (χ2v) is 5.97. The van der Waals surface area contributed by atoms with Crippen molar-refractivity contribution in [3.63, 3.8) is 0 Å². The Balaban J connectivity index is 2.63. The molecule has 1 aliphatic carbocycles. The van der Waals surface area contributed by atoms with E-state index in [1.165, 1.54) is 4.90 Å². The SMILES string of the molecule is CCN(C(=O)OC(C)(C)C)C(C)C(=O)C1CCC1. The van der Waals surface area contributed by atoms with Crippen LogP contribution in [-0.4, -0.2) is 35.0 Å². The van der Waals surface area contributed by atoms with Crippen LogP contribution < -0.4 is 0 Å². The molecule has 4 nitrogen and oxygen atoms in total. The number of hydrogen-bond donors (Lipinski definition) is 0. The first-order chi connectivity index (χ1) is 8.26. The van der Waals surface area contributed by atoms with E-state index in [0.717, 1.165) is 19.3 Å². The Hall–Kier alpha value is -1.06. The van der Waals surface area contributed by atoms with Gasteiger partial charge in [-0.1, -0.05) is 6.42 Å². The predicted octanol–water partition coefficient (Wildman–Crippen LogP) is 3.00. The second kappa shape index (κ2) is 5.72. The average Bonchev–Trinajstić information content (AvgIpc) is 2.12. The van der Waals surface area contributed by atoms with Crippen molar-refractivity contribution < 1.29 is 14.3 Å². The Bertz CT molecular complexity index is 315. The lowest BCUT2D eigenvalue weighted by atomic mass is 9.80. The van der Waals surface area contributed by atoms with Gasteiger partial charge in [0, 0.05) is 12.5 Å². The van der Waals surface area contributed by atoms with Gasteiger partial charge in [0.15, 0.2) is 5.78 Å². The van der Waals surface area contributed by atoms with E-state index in [4.69, 9.17) is 4.74 Å². The zero-order chi connectivity index (χ0) is 13.9. The number of carbonyl (C=O) groups excluding carboxylic acids is 2. The summed E-state index contributed by atoms with van der Waals surface area (Å²) in [6.07, 6.45) is 2.66. The maximum atomic E-state index is 12.1. The Kier molecular flexibility index (Phi) is 4.77. The summed E-state index contributed by atoms with van der Waals surface area (Å²) in [5.41, 5.74) is -0.524. The molecule has 1 aliphatic rings. The van der Waals surface area contributed by atoms with Gasteiger partial charge < -0.3 is 4.74 Å². The van der Waals surface area contributed by atoms with Crippen molar-refractivity contribution in [1.82, 2.24) is 4.90 Å². The highest BCUT2D eigenvalue weighted by Gasteiger charge is 2.34. The number of Topliss-reactive ketones (excluding diaryl/α,β-unsaturated/α-hetero) is 1. The lowest BCUT2D eigenvalue weighted by Crippen LogP contribution is -2.48. The number of carbonyl (C=O) groups is 2. The van der Waals surface area contributed by atoms with Gasteiger partial charge in [0.1, 0.15) is 5.60 Å². The highest BCUT2D eigenvalue weighted by Crippen LogP contribution is 2.29. The van der Waals surface area contributed by atoms with Gasteiger partial charge in [-0.3, -0.25) is 9.69 Å². The average molecular weight is 255 g/mol. The maximum Gasteiger partial charge on any atom is 0.410 e. The van der Waals surface area contributed by atoms with Gasteiger partial charge in [-0.15, -0.1) is 0 Å². The highest BCUT2D eigenvalue weighted by atomic mass is 16.6. The number of likely N-dealkylation sites (N-methyl/N-ethyl adjacent to an activating group) is 1. The summed E-state index contributed by atoms with van der Waals surface area (Å²) in [7, 11) is 0. The predicted molar refractivity (Wildman–Crippen MR) is 70.4 cm³/mol. The number of ketones is 1. The quantitative estimate of drug-likeness (QED) is 0.775. The largest absolute Gasteiger partial charge is 0.444 e. The number of amides is 1. The highest BCUT2D eigenvalue weighted by molar-refractivity contribution is 5.89. The molecule has 0 aromatic heterocycles. The Labute approximate surface area is 110 Å². The van der Waals surface area contributed by atoms with E-state index in [-0.39, 0.29) is 17.7 Å². The molecule has 1 unspecified atom stereocenters. The van der Waals surface area contributed by atoms with Crippen LogP contribution in [0.1, 0.15) is 53.9 Å². The molecule has 0 aliphatic heterocycles. The summed E-state index contributed by atoms with van der Waals surface area (Å²) < 4.78 is 5.33. The molecular formula is C14H25NO3. The standard InChI is InChI=1S/C14H25NO3/c1-6-15(13(17)18-14(3,4)5)10(2)12(16)11-8-7-9-11/h10-11H,6-9H2,1-5H3. The zero-order valence-corrected chi connectivity index (χ0v) is 12.2. The van der Waals surface area contributed by atoms with Crippen molar-refractivity contribution >= 4 is 11.9 Å². The van der Waals surface area contributed by atoms with E-state index in [2.05, 4.69) is 0 Å². The van der Waals surface area contributed by atoms with Gasteiger partial charge in [0.25, 0.3) is 0 Å². The molecule has 0 heterocycles. The fourth-order valence-electron chi connectivity index (χ4n) is 2.07. The first-order valence-corrected chi connectivity index (χ1v) is 6.79. The minimum Gasteiger partial charge on any atom is -0.444 e. The summed E-state index contributed by atoms with van der Waals surface area (Å²) in [5, 5.41) is 0. The number of hydrogen-bond acceptors (Lipinski definition) is 3. The Morgan fingerprint density at radius 1 is 1.33 bits per heavy atom. The molecule has 1 saturated carbocycles. The summed E-state index contributed by atoms with van der Waals surface area (Å²) in [6, 6.07) is -0.379. The molecule has 18 heavy (non-hydrogen) atoms. The number of ether oxygens (including phenoxy) is 1. The summed E-state index contributed by atoms with van der Waals surface area (Å²) in [6.45, 7) is 9.66. The van der Waals surface area contributed by atoms with Crippen LogP contribution in [-0.2, 0) is 9.53 Å². The minimum atomic E-state index is -0.524. The third-order valence-corrected chi connectivity index (χ3v) is 3.36. The van der Waals surface area contributed by atoms with Crippen LogP contribution in [0.25, 0.3) is 0 Å². The van der Waals surface area contributed by atoms with Crippen molar-refractivity contribution in [3.05, 3.63) is 0 Å². The van der Waals surface area contributed by atoms with Gasteiger partial charge in [0.2, 0.25) is 0 Å². The summed E-state index contributed by atoms with van der Waals surface area (Å²) >= 11 is 0.